The van der Waals surface area contributed by atoms with Gasteiger partial charge in [-0.3, -0.25) is 10.1 Å². The van der Waals surface area contributed by atoms with Gasteiger partial charge in [-0.05, 0) is 22.3 Å². The molecule has 1 aromatic heterocycles. The molecule has 0 radical (unpaired) electrons. The molecule has 2 aliphatic rings. The fraction of sp³-hybridized carbons (Fsp3) is 0.250. The Morgan fingerprint density at radius 1 is 1.09 bits per heavy atom. The van der Waals surface area contributed by atoms with Gasteiger partial charge in [0, 0.05) is 24.0 Å². The Morgan fingerprint density at radius 2 is 1.76 bits per heavy atom. The lowest BCUT2D eigenvalue weighted by molar-refractivity contribution is -0.141. The lowest BCUT2D eigenvalue weighted by atomic mass is 9.98. The van der Waals surface area contributed by atoms with Gasteiger partial charge in [0.2, 0.25) is 0 Å². The van der Waals surface area contributed by atoms with Crippen LogP contribution in [0.15, 0.2) is 54.7 Å². The summed E-state index contributed by atoms with van der Waals surface area (Å²) in [4.78, 5) is 42.5. The topological polar surface area (TPSA) is 109 Å². The van der Waals surface area contributed by atoms with Gasteiger partial charge in [-0.1, -0.05) is 59.9 Å². The molecule has 3 aromatic rings. The molecule has 0 bridgehead atoms. The number of benzene rings is 2. The summed E-state index contributed by atoms with van der Waals surface area (Å²) in [5, 5.41) is 12.2. The van der Waals surface area contributed by atoms with Gasteiger partial charge in [0.1, 0.15) is 17.5 Å². The predicted molar refractivity (Wildman–Crippen MR) is 131 cm³/mol. The van der Waals surface area contributed by atoms with Crippen molar-refractivity contribution in [2.24, 2.45) is 0 Å². The lowest BCUT2D eigenvalue weighted by Gasteiger charge is -2.32. The lowest BCUT2D eigenvalue weighted by Crippen LogP contribution is -2.50. The number of aliphatic carboxylic acids is 1. The van der Waals surface area contributed by atoms with Crippen LogP contribution in [0.3, 0.4) is 0 Å². The van der Waals surface area contributed by atoms with Crippen molar-refractivity contribution in [2.45, 2.75) is 12.0 Å². The van der Waals surface area contributed by atoms with Gasteiger partial charge in [0.15, 0.2) is 5.13 Å². The normalized spacial score (nSPS) is 17.1. The summed E-state index contributed by atoms with van der Waals surface area (Å²) in [6.07, 6.45) is 0.695. The number of nitrogens with zero attached hydrogens (tertiary/aromatic N) is 2. The van der Waals surface area contributed by atoms with Crippen LogP contribution < -0.4 is 5.32 Å². The van der Waals surface area contributed by atoms with Crippen LogP contribution in [0, 0.1) is 0 Å². The van der Waals surface area contributed by atoms with E-state index in [2.05, 4.69) is 22.4 Å². The van der Waals surface area contributed by atoms with E-state index in [4.69, 9.17) is 4.74 Å². The van der Waals surface area contributed by atoms with Gasteiger partial charge in [0.25, 0.3) is 5.91 Å². The van der Waals surface area contributed by atoms with Gasteiger partial charge >= 0.3 is 12.1 Å². The molecule has 1 saturated heterocycles. The first-order valence-electron chi connectivity index (χ1n) is 10.7. The van der Waals surface area contributed by atoms with Crippen molar-refractivity contribution in [3.8, 4) is 11.1 Å². The minimum atomic E-state index is -1.03. The molecule has 1 fully saturated rings. The van der Waals surface area contributed by atoms with Gasteiger partial charge in [0.05, 0.1) is 6.20 Å². The number of hydrogen-bond acceptors (Lipinski definition) is 7. The molecule has 174 valence electrons. The zero-order valence-corrected chi connectivity index (χ0v) is 19.6. The molecular weight excluding hydrogens is 474 g/mol. The van der Waals surface area contributed by atoms with Crippen molar-refractivity contribution in [3.05, 3.63) is 70.7 Å². The predicted octanol–water partition coefficient (Wildman–Crippen LogP) is 4.15. The standard InChI is InChI=1S/C24H21N3O5S2/c28-21(27-9-10-33-13-19(27)22(29)30)20-11-25-23(34-20)26-24(31)32-12-18-16-7-3-1-5-14(16)15-6-2-4-8-17(15)18/h1-8,11,18-19H,9-10,12-13H2,(H,29,30)(H,25,26,31). The fourth-order valence-corrected chi connectivity index (χ4v) is 6.14. The first kappa shape index (κ1) is 22.4. The molecule has 34 heavy (non-hydrogen) atoms. The monoisotopic (exact) mass is 495 g/mol. The number of aromatic nitrogens is 1. The first-order chi connectivity index (χ1) is 16.5. The van der Waals surface area contributed by atoms with Crippen molar-refractivity contribution in [1.29, 1.82) is 0 Å². The minimum Gasteiger partial charge on any atom is -0.480 e. The smallest absolute Gasteiger partial charge is 0.413 e. The highest BCUT2D eigenvalue weighted by Gasteiger charge is 2.34. The molecule has 0 saturated carbocycles. The molecule has 10 heteroatoms. The summed E-state index contributed by atoms with van der Waals surface area (Å²) in [7, 11) is 0. The van der Waals surface area contributed by atoms with Gasteiger partial charge < -0.3 is 14.7 Å². The summed E-state index contributed by atoms with van der Waals surface area (Å²) in [5.74, 6) is -0.450. The van der Waals surface area contributed by atoms with Gasteiger partial charge in [-0.2, -0.15) is 11.8 Å². The van der Waals surface area contributed by atoms with Crippen LogP contribution in [0.5, 0.6) is 0 Å². The Kier molecular flexibility index (Phi) is 6.25. The Labute approximate surface area is 204 Å². The number of nitrogens with one attached hydrogen (secondary N) is 1. The quantitative estimate of drug-likeness (QED) is 0.547. The molecule has 2 heterocycles. The maximum Gasteiger partial charge on any atom is 0.413 e. The number of anilines is 1. The SMILES string of the molecule is O=C(Nc1ncc(C(=O)N2CCSCC2C(=O)O)s1)OCC1c2ccccc2-c2ccccc21. The van der Waals surface area contributed by atoms with Crippen LogP contribution >= 0.6 is 23.1 Å². The fourth-order valence-electron chi connectivity index (χ4n) is 4.35. The highest BCUT2D eigenvalue weighted by Crippen LogP contribution is 2.44. The van der Waals surface area contributed by atoms with Crippen LogP contribution in [-0.4, -0.2) is 63.7 Å². The number of fused-ring (bicyclic) bond motifs is 3. The number of thioether (sulfide) groups is 1. The number of carboxylic acids is 1. The van der Waals surface area contributed by atoms with Crippen molar-refractivity contribution < 1.29 is 24.2 Å². The molecule has 2 N–H and O–H groups in total. The third-order valence-corrected chi connectivity index (χ3v) is 7.87. The number of carbonyl (C=O) groups excluding carboxylic acids is 2. The summed E-state index contributed by atoms with van der Waals surface area (Å²) >= 11 is 2.51. The Hall–Kier alpha value is -3.37. The molecule has 1 atom stereocenters. The maximum absolute atomic E-state index is 12.8. The second-order valence-corrected chi connectivity index (χ2v) is 10.1. The largest absolute Gasteiger partial charge is 0.480 e. The molecule has 5 rings (SSSR count). The van der Waals surface area contributed by atoms with E-state index in [9.17, 15) is 19.5 Å². The Balaban J connectivity index is 1.23. The number of ether oxygens (including phenoxy) is 1. The molecule has 1 aliphatic carbocycles. The Bertz CT molecular complexity index is 1220. The molecule has 8 nitrogen and oxygen atoms in total. The molecule has 1 unspecified atom stereocenters. The van der Waals surface area contributed by atoms with E-state index in [1.54, 1.807) is 0 Å². The molecular formula is C24H21N3O5S2. The average Bonchev–Trinajstić information content (AvgIpc) is 3.45. The molecule has 1 aliphatic heterocycles. The second-order valence-electron chi connectivity index (χ2n) is 7.91. The van der Waals surface area contributed by atoms with E-state index in [1.165, 1.54) is 22.9 Å². The van der Waals surface area contributed by atoms with Crippen LogP contribution in [0.4, 0.5) is 9.93 Å². The number of rotatable bonds is 5. The first-order valence-corrected chi connectivity index (χ1v) is 12.7. The second kappa shape index (κ2) is 9.47. The highest BCUT2D eigenvalue weighted by molar-refractivity contribution is 7.99. The summed E-state index contributed by atoms with van der Waals surface area (Å²) < 4.78 is 5.52. The van der Waals surface area contributed by atoms with Crippen molar-refractivity contribution in [3.63, 3.8) is 0 Å². The third kappa shape index (κ3) is 4.26. The van der Waals surface area contributed by atoms with E-state index in [1.807, 2.05) is 36.4 Å². The maximum atomic E-state index is 12.8. The number of carbonyl (C=O) groups is 3. The van der Waals surface area contributed by atoms with E-state index in [0.29, 0.717) is 18.1 Å². The number of hydrogen-bond donors (Lipinski definition) is 2. The van der Waals surface area contributed by atoms with Crippen LogP contribution in [-0.2, 0) is 9.53 Å². The van der Waals surface area contributed by atoms with Gasteiger partial charge in [-0.15, -0.1) is 0 Å². The molecule has 2 aromatic carbocycles. The minimum absolute atomic E-state index is 0.0588. The van der Waals surface area contributed by atoms with E-state index >= 15 is 0 Å². The zero-order valence-electron chi connectivity index (χ0n) is 18.0. The summed E-state index contributed by atoms with van der Waals surface area (Å²) in [6.45, 7) is 0.524. The van der Waals surface area contributed by atoms with E-state index in [-0.39, 0.29) is 22.5 Å². The highest BCUT2D eigenvalue weighted by atomic mass is 32.2. The van der Waals surface area contributed by atoms with Crippen molar-refractivity contribution >= 4 is 46.2 Å². The Morgan fingerprint density at radius 3 is 2.44 bits per heavy atom. The number of thiazole rings is 1. The number of amides is 2. The van der Waals surface area contributed by atoms with Crippen molar-refractivity contribution in [1.82, 2.24) is 9.88 Å². The van der Waals surface area contributed by atoms with Crippen molar-refractivity contribution in [2.75, 3.05) is 30.0 Å². The average molecular weight is 496 g/mol. The molecule has 0 spiro atoms. The van der Waals surface area contributed by atoms with E-state index in [0.717, 1.165) is 33.6 Å². The zero-order chi connectivity index (χ0) is 23.7. The van der Waals surface area contributed by atoms with Crippen LogP contribution in [0.1, 0.15) is 26.7 Å². The van der Waals surface area contributed by atoms with Crippen LogP contribution in [0.25, 0.3) is 11.1 Å². The number of carboxylic acid groups (broad SMARTS) is 1. The van der Waals surface area contributed by atoms with E-state index < -0.39 is 24.0 Å². The summed E-state index contributed by atoms with van der Waals surface area (Å²) in [5.41, 5.74) is 4.52. The van der Waals surface area contributed by atoms with Crippen LogP contribution in [0.2, 0.25) is 0 Å². The summed E-state index contributed by atoms with van der Waals surface area (Å²) in [6, 6.07) is 15.3. The molecule has 2 amide bonds. The van der Waals surface area contributed by atoms with Gasteiger partial charge in [-0.25, -0.2) is 14.6 Å². The third-order valence-electron chi connectivity index (χ3n) is 5.94.